The molecule has 96 valence electrons. The number of rotatable bonds is 6. The Morgan fingerprint density at radius 2 is 1.94 bits per heavy atom. The van der Waals surface area contributed by atoms with Crippen molar-refractivity contribution < 1.29 is 4.57 Å². The fraction of sp³-hybridized carbons (Fsp3) is 0.438. The average molecular weight is 243 g/mol. The van der Waals surface area contributed by atoms with Crippen molar-refractivity contribution in [2.45, 2.75) is 46.2 Å². The Bertz CT molecular complexity index is 471. The number of aryl methyl sites for hydroxylation is 3. The summed E-state index contributed by atoms with van der Waals surface area (Å²) in [6.07, 6.45) is 7.95. The fourth-order valence-corrected chi connectivity index (χ4v) is 2.35. The number of benzene rings is 1. The Morgan fingerprint density at radius 3 is 2.67 bits per heavy atom. The van der Waals surface area contributed by atoms with Crippen molar-refractivity contribution in [2.75, 3.05) is 0 Å². The first-order valence-corrected chi connectivity index (χ1v) is 6.90. The Kier molecular flexibility index (Phi) is 4.57. The summed E-state index contributed by atoms with van der Waals surface area (Å²) in [4.78, 5) is 0. The zero-order chi connectivity index (χ0) is 12.8. The van der Waals surface area contributed by atoms with Crippen LogP contribution in [0.1, 0.15) is 31.2 Å². The minimum atomic E-state index is 1.11. The number of nitrogens with zero attached hydrogens (tertiary/aromatic N) is 2. The molecule has 0 saturated heterocycles. The van der Waals surface area contributed by atoms with E-state index in [-0.39, 0.29) is 0 Å². The highest BCUT2D eigenvalue weighted by atomic mass is 15.1. The van der Waals surface area contributed by atoms with Crippen molar-refractivity contribution in [2.24, 2.45) is 0 Å². The van der Waals surface area contributed by atoms with Crippen molar-refractivity contribution in [3.8, 4) is 0 Å². The van der Waals surface area contributed by atoms with E-state index in [0.29, 0.717) is 0 Å². The molecule has 0 fully saturated rings. The first-order valence-electron chi connectivity index (χ1n) is 6.90. The van der Waals surface area contributed by atoms with E-state index < -0.39 is 0 Å². The lowest BCUT2D eigenvalue weighted by Crippen LogP contribution is -2.35. The summed E-state index contributed by atoms with van der Waals surface area (Å²) in [6.45, 7) is 6.66. The molecule has 1 heterocycles. The van der Waals surface area contributed by atoms with Crippen LogP contribution < -0.4 is 4.57 Å². The molecule has 0 aliphatic heterocycles. The lowest BCUT2D eigenvalue weighted by molar-refractivity contribution is -0.702. The Balaban J connectivity index is 1.87. The van der Waals surface area contributed by atoms with Crippen LogP contribution in [-0.4, -0.2) is 4.57 Å². The maximum Gasteiger partial charge on any atom is 0.253 e. The van der Waals surface area contributed by atoms with E-state index in [9.17, 15) is 0 Å². The van der Waals surface area contributed by atoms with Gasteiger partial charge in [-0.15, -0.1) is 0 Å². The monoisotopic (exact) mass is 243 g/mol. The predicted molar refractivity (Wildman–Crippen MR) is 74.4 cm³/mol. The molecule has 2 rings (SSSR count). The molecule has 18 heavy (non-hydrogen) atoms. The summed E-state index contributed by atoms with van der Waals surface area (Å²) >= 11 is 0. The molecular formula is C16H23N2+. The van der Waals surface area contributed by atoms with Crippen LogP contribution in [0.15, 0.2) is 42.7 Å². The van der Waals surface area contributed by atoms with E-state index in [1.807, 2.05) is 0 Å². The van der Waals surface area contributed by atoms with Crippen molar-refractivity contribution >= 4 is 0 Å². The minimum absolute atomic E-state index is 1.11. The van der Waals surface area contributed by atoms with Gasteiger partial charge in [-0.1, -0.05) is 37.3 Å². The van der Waals surface area contributed by atoms with Crippen LogP contribution in [0.3, 0.4) is 0 Å². The summed E-state index contributed by atoms with van der Waals surface area (Å²) < 4.78 is 4.70. The standard InChI is InChI=1S/C16H23N2/c1-3-11-17-13-14-18(15(17)2)12-7-10-16-8-5-4-6-9-16/h4-6,8-9,13-14H,3,7,10-12H2,1-2H3/q+1. The number of aromatic nitrogens is 2. The van der Waals surface area contributed by atoms with Gasteiger partial charge >= 0.3 is 0 Å². The molecule has 1 aromatic heterocycles. The molecule has 2 heteroatoms. The van der Waals surface area contributed by atoms with E-state index in [0.717, 1.165) is 19.5 Å². The van der Waals surface area contributed by atoms with Gasteiger partial charge in [-0.25, -0.2) is 9.13 Å². The third-order valence-electron chi connectivity index (χ3n) is 3.43. The lowest BCUT2D eigenvalue weighted by Gasteiger charge is -2.01. The van der Waals surface area contributed by atoms with Crippen LogP contribution in [0.4, 0.5) is 0 Å². The molecule has 2 aromatic rings. The minimum Gasteiger partial charge on any atom is -0.235 e. The third kappa shape index (κ3) is 3.22. The number of hydrogen-bond donors (Lipinski definition) is 0. The molecule has 0 atom stereocenters. The van der Waals surface area contributed by atoms with Crippen molar-refractivity contribution in [1.82, 2.24) is 4.57 Å². The molecule has 0 unspecified atom stereocenters. The van der Waals surface area contributed by atoms with Gasteiger partial charge in [0.05, 0.1) is 13.1 Å². The molecule has 2 nitrogen and oxygen atoms in total. The third-order valence-corrected chi connectivity index (χ3v) is 3.43. The quantitative estimate of drug-likeness (QED) is 0.689. The molecule has 0 saturated carbocycles. The second-order valence-corrected chi connectivity index (χ2v) is 4.82. The molecule has 0 spiro atoms. The summed E-state index contributed by atoms with van der Waals surface area (Å²) in [7, 11) is 0. The maximum absolute atomic E-state index is 2.36. The largest absolute Gasteiger partial charge is 0.253 e. The normalized spacial score (nSPS) is 10.8. The van der Waals surface area contributed by atoms with Crippen LogP contribution in [0.25, 0.3) is 0 Å². The van der Waals surface area contributed by atoms with Crippen LogP contribution in [0.5, 0.6) is 0 Å². The maximum atomic E-state index is 2.36. The van der Waals surface area contributed by atoms with E-state index >= 15 is 0 Å². The molecule has 0 radical (unpaired) electrons. The van der Waals surface area contributed by atoms with Crippen LogP contribution in [-0.2, 0) is 19.5 Å². The second-order valence-electron chi connectivity index (χ2n) is 4.82. The van der Waals surface area contributed by atoms with Crippen LogP contribution >= 0.6 is 0 Å². The van der Waals surface area contributed by atoms with Gasteiger partial charge in [0, 0.05) is 6.92 Å². The first-order chi connectivity index (χ1) is 8.81. The van der Waals surface area contributed by atoms with E-state index in [1.165, 1.54) is 24.2 Å². The molecule has 1 aromatic carbocycles. The highest BCUT2D eigenvalue weighted by molar-refractivity contribution is 5.14. The van der Waals surface area contributed by atoms with Gasteiger partial charge in [0.2, 0.25) is 0 Å². The predicted octanol–water partition coefficient (Wildman–Crippen LogP) is 3.13. The Hall–Kier alpha value is -1.57. The van der Waals surface area contributed by atoms with E-state index in [1.54, 1.807) is 0 Å². The Morgan fingerprint density at radius 1 is 1.17 bits per heavy atom. The topological polar surface area (TPSA) is 8.81 Å². The summed E-state index contributed by atoms with van der Waals surface area (Å²) in [5, 5.41) is 0. The van der Waals surface area contributed by atoms with Crippen molar-refractivity contribution in [3.63, 3.8) is 0 Å². The molecule has 0 aliphatic rings. The molecular weight excluding hydrogens is 220 g/mol. The van der Waals surface area contributed by atoms with E-state index in [2.05, 4.69) is 65.7 Å². The number of imidazole rings is 1. The molecule has 0 amide bonds. The van der Waals surface area contributed by atoms with Gasteiger partial charge in [0.1, 0.15) is 12.4 Å². The second kappa shape index (κ2) is 6.39. The van der Waals surface area contributed by atoms with Gasteiger partial charge in [0.15, 0.2) is 0 Å². The molecule has 0 bridgehead atoms. The van der Waals surface area contributed by atoms with Gasteiger partial charge in [-0.05, 0) is 24.8 Å². The van der Waals surface area contributed by atoms with Gasteiger partial charge < -0.3 is 0 Å². The lowest BCUT2D eigenvalue weighted by atomic mass is 10.1. The zero-order valence-corrected chi connectivity index (χ0v) is 11.5. The van der Waals surface area contributed by atoms with Crippen LogP contribution in [0, 0.1) is 6.92 Å². The highest BCUT2D eigenvalue weighted by Crippen LogP contribution is 2.05. The van der Waals surface area contributed by atoms with Crippen LogP contribution in [0.2, 0.25) is 0 Å². The molecule has 0 N–H and O–H groups in total. The van der Waals surface area contributed by atoms with Crippen molar-refractivity contribution in [1.29, 1.82) is 0 Å². The summed E-state index contributed by atoms with van der Waals surface area (Å²) in [5.41, 5.74) is 1.43. The molecule has 0 aliphatic carbocycles. The van der Waals surface area contributed by atoms with Gasteiger partial charge in [0.25, 0.3) is 5.82 Å². The van der Waals surface area contributed by atoms with Gasteiger partial charge in [-0.2, -0.15) is 0 Å². The highest BCUT2D eigenvalue weighted by Gasteiger charge is 2.10. The summed E-state index contributed by atoms with van der Waals surface area (Å²) in [6, 6.07) is 10.7. The first kappa shape index (κ1) is 12.9. The van der Waals surface area contributed by atoms with Gasteiger partial charge in [-0.3, -0.25) is 0 Å². The van der Waals surface area contributed by atoms with E-state index in [4.69, 9.17) is 0 Å². The number of hydrogen-bond acceptors (Lipinski definition) is 0. The summed E-state index contributed by atoms with van der Waals surface area (Å²) in [5.74, 6) is 1.37. The van der Waals surface area contributed by atoms with Crippen molar-refractivity contribution in [3.05, 3.63) is 54.1 Å². The average Bonchev–Trinajstić information content (AvgIpc) is 2.73. The Labute approximate surface area is 110 Å². The smallest absolute Gasteiger partial charge is 0.235 e. The zero-order valence-electron chi connectivity index (χ0n) is 11.5. The fourth-order valence-electron chi connectivity index (χ4n) is 2.35. The SMILES string of the molecule is CCC[n+]1ccn(CCCc2ccccc2)c1C.